The molecule has 0 saturated heterocycles. The monoisotopic (exact) mass is 397 g/mol. The molecule has 0 aliphatic heterocycles. The topological polar surface area (TPSA) is 80.3 Å². The Hall–Kier alpha value is -2.93. The number of ether oxygens (including phenoxy) is 1. The minimum absolute atomic E-state index is 0.0167. The first kappa shape index (κ1) is 19.8. The summed E-state index contributed by atoms with van der Waals surface area (Å²) in [5.41, 5.74) is 2.66. The lowest BCUT2D eigenvalue weighted by Crippen LogP contribution is -2.12. The highest BCUT2D eigenvalue weighted by atomic mass is 32.1. The van der Waals surface area contributed by atoms with Crippen molar-refractivity contribution in [2.75, 3.05) is 17.7 Å². The number of carbonyl (C=O) groups excluding carboxylic acids is 2. The van der Waals surface area contributed by atoms with Gasteiger partial charge in [0, 0.05) is 18.5 Å². The molecule has 3 rings (SSSR count). The minimum atomic E-state index is -0.0397. The summed E-state index contributed by atoms with van der Waals surface area (Å²) >= 11 is 1.45. The van der Waals surface area contributed by atoms with Gasteiger partial charge in [0.2, 0.25) is 11.8 Å². The quantitative estimate of drug-likeness (QED) is 0.581. The molecule has 1 heterocycles. The van der Waals surface area contributed by atoms with Gasteiger partial charge in [-0.15, -0.1) is 0 Å². The summed E-state index contributed by atoms with van der Waals surface area (Å²) in [5.74, 6) is 0.695. The lowest BCUT2D eigenvalue weighted by atomic mass is 10.1. The molecule has 0 saturated carbocycles. The number of aromatic nitrogens is 1. The third kappa shape index (κ3) is 5.29. The second-order valence-corrected chi connectivity index (χ2v) is 7.43. The SMILES string of the molecule is CCCC(=O)Nc1nc2ccc(CCC(=O)Nc3ccc(OC)cc3)cc2s1. The van der Waals surface area contributed by atoms with Crippen molar-refractivity contribution >= 4 is 44.2 Å². The van der Waals surface area contributed by atoms with Crippen molar-refractivity contribution in [1.29, 1.82) is 0 Å². The molecule has 28 heavy (non-hydrogen) atoms. The summed E-state index contributed by atoms with van der Waals surface area (Å²) in [5, 5.41) is 6.33. The van der Waals surface area contributed by atoms with E-state index in [1.807, 2.05) is 49.4 Å². The average Bonchev–Trinajstić information content (AvgIpc) is 3.08. The Morgan fingerprint density at radius 3 is 2.50 bits per heavy atom. The number of nitrogens with zero attached hydrogens (tertiary/aromatic N) is 1. The van der Waals surface area contributed by atoms with Crippen LogP contribution in [0.4, 0.5) is 10.8 Å². The zero-order chi connectivity index (χ0) is 19.9. The number of aryl methyl sites for hydroxylation is 1. The van der Waals surface area contributed by atoms with Crippen LogP contribution in [0.2, 0.25) is 0 Å². The van der Waals surface area contributed by atoms with Crippen molar-refractivity contribution in [3.05, 3.63) is 48.0 Å². The van der Waals surface area contributed by atoms with Crippen LogP contribution in [-0.4, -0.2) is 23.9 Å². The fraction of sp³-hybridized carbons (Fsp3) is 0.286. The number of fused-ring (bicyclic) bond motifs is 1. The van der Waals surface area contributed by atoms with Gasteiger partial charge in [-0.2, -0.15) is 0 Å². The Morgan fingerprint density at radius 1 is 1.04 bits per heavy atom. The van der Waals surface area contributed by atoms with Gasteiger partial charge in [0.05, 0.1) is 17.3 Å². The van der Waals surface area contributed by atoms with Crippen LogP contribution in [0.15, 0.2) is 42.5 Å². The van der Waals surface area contributed by atoms with Gasteiger partial charge in [0.1, 0.15) is 5.75 Å². The Balaban J connectivity index is 1.57. The number of hydrogen-bond acceptors (Lipinski definition) is 5. The minimum Gasteiger partial charge on any atom is -0.497 e. The van der Waals surface area contributed by atoms with Crippen molar-refractivity contribution in [2.24, 2.45) is 0 Å². The van der Waals surface area contributed by atoms with Gasteiger partial charge < -0.3 is 15.4 Å². The number of carbonyl (C=O) groups is 2. The molecule has 0 bridgehead atoms. The third-order valence-corrected chi connectivity index (χ3v) is 5.12. The maximum atomic E-state index is 12.2. The number of methoxy groups -OCH3 is 1. The highest BCUT2D eigenvalue weighted by Crippen LogP contribution is 2.27. The summed E-state index contributed by atoms with van der Waals surface area (Å²) in [6.45, 7) is 1.97. The van der Waals surface area contributed by atoms with E-state index in [9.17, 15) is 9.59 Å². The van der Waals surface area contributed by atoms with E-state index in [4.69, 9.17) is 4.74 Å². The van der Waals surface area contributed by atoms with Crippen molar-refractivity contribution < 1.29 is 14.3 Å². The van der Waals surface area contributed by atoms with E-state index < -0.39 is 0 Å². The van der Waals surface area contributed by atoms with E-state index in [-0.39, 0.29) is 11.8 Å². The smallest absolute Gasteiger partial charge is 0.226 e. The first-order valence-electron chi connectivity index (χ1n) is 9.20. The van der Waals surface area contributed by atoms with E-state index in [1.165, 1.54) is 11.3 Å². The number of hydrogen-bond donors (Lipinski definition) is 2. The van der Waals surface area contributed by atoms with Crippen molar-refractivity contribution in [1.82, 2.24) is 4.98 Å². The fourth-order valence-corrected chi connectivity index (χ4v) is 3.69. The molecule has 6 nitrogen and oxygen atoms in total. The van der Waals surface area contributed by atoms with E-state index in [1.54, 1.807) is 7.11 Å². The van der Waals surface area contributed by atoms with Crippen LogP contribution in [0.3, 0.4) is 0 Å². The van der Waals surface area contributed by atoms with Crippen molar-refractivity contribution in [3.8, 4) is 5.75 Å². The molecular formula is C21H23N3O3S. The first-order chi connectivity index (χ1) is 13.6. The zero-order valence-electron chi connectivity index (χ0n) is 16.0. The molecule has 0 fully saturated rings. The predicted octanol–water partition coefficient (Wildman–Crippen LogP) is 4.61. The van der Waals surface area contributed by atoms with Gasteiger partial charge in [-0.05, 0) is 54.8 Å². The second kappa shape index (κ2) is 9.32. The highest BCUT2D eigenvalue weighted by Gasteiger charge is 2.09. The van der Waals surface area contributed by atoms with Crippen LogP contribution in [0.5, 0.6) is 5.75 Å². The van der Waals surface area contributed by atoms with Crippen LogP contribution in [-0.2, 0) is 16.0 Å². The van der Waals surface area contributed by atoms with Gasteiger partial charge >= 0.3 is 0 Å². The molecule has 0 spiro atoms. The first-order valence-corrected chi connectivity index (χ1v) is 10.0. The summed E-state index contributed by atoms with van der Waals surface area (Å²) < 4.78 is 6.11. The number of thiazole rings is 1. The zero-order valence-corrected chi connectivity index (χ0v) is 16.8. The molecule has 2 amide bonds. The van der Waals surface area contributed by atoms with Crippen LogP contribution < -0.4 is 15.4 Å². The maximum absolute atomic E-state index is 12.2. The molecule has 0 radical (unpaired) electrons. The second-order valence-electron chi connectivity index (χ2n) is 6.40. The Morgan fingerprint density at radius 2 is 1.79 bits per heavy atom. The van der Waals surface area contributed by atoms with Gasteiger partial charge in [0.15, 0.2) is 5.13 Å². The molecule has 1 aromatic heterocycles. The molecule has 2 N–H and O–H groups in total. The molecule has 7 heteroatoms. The number of nitrogens with one attached hydrogen (secondary N) is 2. The lowest BCUT2D eigenvalue weighted by Gasteiger charge is -2.06. The standard InChI is InChI=1S/C21H23N3O3S/c1-3-4-19(25)24-21-23-17-11-5-14(13-18(17)28-21)6-12-20(26)22-15-7-9-16(27-2)10-8-15/h5,7-11,13H,3-4,6,12H2,1-2H3,(H,22,26)(H,23,24,25). The van der Waals surface area contributed by atoms with E-state index in [0.717, 1.165) is 33.6 Å². The van der Waals surface area contributed by atoms with Crippen molar-refractivity contribution in [2.45, 2.75) is 32.6 Å². The fourth-order valence-electron chi connectivity index (χ4n) is 2.74. The van der Waals surface area contributed by atoms with Crippen LogP contribution in [0.25, 0.3) is 10.2 Å². The number of rotatable bonds is 8. The molecule has 0 unspecified atom stereocenters. The average molecular weight is 398 g/mol. The van der Waals surface area contributed by atoms with Crippen LogP contribution in [0.1, 0.15) is 31.7 Å². The van der Waals surface area contributed by atoms with Crippen molar-refractivity contribution in [3.63, 3.8) is 0 Å². The maximum Gasteiger partial charge on any atom is 0.226 e. The molecule has 146 valence electrons. The summed E-state index contributed by atoms with van der Waals surface area (Å²) in [6, 6.07) is 13.2. The number of amides is 2. The number of benzene rings is 2. The van der Waals surface area contributed by atoms with Gasteiger partial charge in [0.25, 0.3) is 0 Å². The molecule has 3 aromatic rings. The number of anilines is 2. The summed E-state index contributed by atoms with van der Waals surface area (Å²) in [4.78, 5) is 28.4. The molecular weight excluding hydrogens is 374 g/mol. The molecule has 0 aliphatic rings. The highest BCUT2D eigenvalue weighted by molar-refractivity contribution is 7.22. The Labute approximate surface area is 167 Å². The van der Waals surface area contributed by atoms with Crippen LogP contribution in [0, 0.1) is 0 Å². The third-order valence-electron chi connectivity index (χ3n) is 4.19. The lowest BCUT2D eigenvalue weighted by molar-refractivity contribution is -0.117. The van der Waals surface area contributed by atoms with E-state index >= 15 is 0 Å². The Bertz CT molecular complexity index is 967. The normalized spacial score (nSPS) is 10.6. The summed E-state index contributed by atoms with van der Waals surface area (Å²) in [6.07, 6.45) is 2.31. The molecule has 0 aliphatic carbocycles. The summed E-state index contributed by atoms with van der Waals surface area (Å²) in [7, 11) is 1.61. The van der Waals surface area contributed by atoms with Crippen LogP contribution >= 0.6 is 11.3 Å². The predicted molar refractivity (Wildman–Crippen MR) is 113 cm³/mol. The largest absolute Gasteiger partial charge is 0.497 e. The molecule has 2 aromatic carbocycles. The Kier molecular flexibility index (Phi) is 6.60. The van der Waals surface area contributed by atoms with E-state index in [2.05, 4.69) is 15.6 Å². The van der Waals surface area contributed by atoms with Gasteiger partial charge in [-0.25, -0.2) is 4.98 Å². The molecule has 0 atom stereocenters. The van der Waals surface area contributed by atoms with E-state index in [0.29, 0.717) is 24.4 Å². The van der Waals surface area contributed by atoms with Gasteiger partial charge in [-0.3, -0.25) is 9.59 Å². The van der Waals surface area contributed by atoms with Gasteiger partial charge in [-0.1, -0.05) is 24.3 Å².